The number of likely N-dealkylation sites (N-methyl/N-ethyl adjacent to an activating group) is 1. The zero-order valence-electron chi connectivity index (χ0n) is 15.2. The average molecular weight is 377 g/mol. The van der Waals surface area contributed by atoms with E-state index in [1.807, 2.05) is 24.3 Å². The van der Waals surface area contributed by atoms with Crippen LogP contribution in [0.3, 0.4) is 0 Å². The van der Waals surface area contributed by atoms with Crippen molar-refractivity contribution >= 4 is 17.7 Å². The van der Waals surface area contributed by atoms with E-state index in [0.29, 0.717) is 18.1 Å². The molecule has 0 aliphatic carbocycles. The molecule has 2 heterocycles. The van der Waals surface area contributed by atoms with E-state index in [1.165, 1.54) is 4.90 Å². The van der Waals surface area contributed by atoms with Crippen LogP contribution in [-0.4, -0.2) is 64.3 Å². The number of carbonyl (C=O) groups is 1. The van der Waals surface area contributed by atoms with Crippen molar-refractivity contribution in [3.05, 3.63) is 41.3 Å². The zero-order valence-corrected chi connectivity index (χ0v) is 16.0. The number of carboxylic acid groups (broad SMARTS) is 1. The molecule has 0 radical (unpaired) electrons. The van der Waals surface area contributed by atoms with E-state index in [-0.39, 0.29) is 5.92 Å². The Morgan fingerprint density at radius 1 is 1.27 bits per heavy atom. The Morgan fingerprint density at radius 2 is 1.92 bits per heavy atom. The number of likely N-dealkylation sites (tertiary alicyclic amines) is 1. The van der Waals surface area contributed by atoms with Crippen molar-refractivity contribution in [1.82, 2.24) is 19.4 Å². The summed E-state index contributed by atoms with van der Waals surface area (Å²) in [4.78, 5) is 19.7. The van der Waals surface area contributed by atoms with Crippen molar-refractivity contribution in [3.8, 4) is 11.3 Å². The van der Waals surface area contributed by atoms with Gasteiger partial charge in [0.05, 0.1) is 5.69 Å². The second-order valence-electron chi connectivity index (χ2n) is 7.03. The lowest BCUT2D eigenvalue weighted by atomic mass is 9.96. The van der Waals surface area contributed by atoms with E-state index in [0.717, 1.165) is 43.0 Å². The molecule has 2 aromatic rings. The van der Waals surface area contributed by atoms with Gasteiger partial charge < -0.3 is 19.5 Å². The Kier molecular flexibility index (Phi) is 5.84. The van der Waals surface area contributed by atoms with Gasteiger partial charge in [-0.25, -0.2) is 9.78 Å². The summed E-state index contributed by atoms with van der Waals surface area (Å²) in [6, 6.07) is 7.72. The summed E-state index contributed by atoms with van der Waals surface area (Å²) in [5.74, 6) is 1.34. The van der Waals surface area contributed by atoms with Crippen LogP contribution in [0.1, 0.15) is 24.6 Å². The molecule has 0 saturated carbocycles. The lowest BCUT2D eigenvalue weighted by Gasteiger charge is -2.30. The number of nitrogens with zero attached hydrogens (tertiary/aromatic N) is 4. The maximum atomic E-state index is 11.1. The minimum Gasteiger partial charge on any atom is -0.465 e. The van der Waals surface area contributed by atoms with E-state index in [9.17, 15) is 4.79 Å². The summed E-state index contributed by atoms with van der Waals surface area (Å²) in [7, 11) is 4.12. The van der Waals surface area contributed by atoms with Crippen molar-refractivity contribution < 1.29 is 9.90 Å². The summed E-state index contributed by atoms with van der Waals surface area (Å²) in [6.45, 7) is 2.92. The number of imidazole rings is 1. The van der Waals surface area contributed by atoms with Gasteiger partial charge in [-0.1, -0.05) is 23.7 Å². The van der Waals surface area contributed by atoms with Gasteiger partial charge in [-0.3, -0.25) is 0 Å². The number of rotatable bonds is 5. The number of halogens is 1. The first-order valence-corrected chi connectivity index (χ1v) is 9.27. The fourth-order valence-electron chi connectivity index (χ4n) is 3.33. The van der Waals surface area contributed by atoms with Crippen LogP contribution >= 0.6 is 11.6 Å². The molecule has 1 aromatic heterocycles. The molecule has 1 fully saturated rings. The molecule has 1 amide bonds. The highest BCUT2D eigenvalue weighted by atomic mass is 35.5. The van der Waals surface area contributed by atoms with Crippen LogP contribution in [0.25, 0.3) is 11.3 Å². The molecule has 1 aliphatic heterocycles. The van der Waals surface area contributed by atoms with Crippen molar-refractivity contribution in [1.29, 1.82) is 0 Å². The molecule has 3 rings (SSSR count). The Morgan fingerprint density at radius 3 is 2.50 bits per heavy atom. The number of hydrogen-bond donors (Lipinski definition) is 1. The molecular formula is C19H25ClN4O2. The highest BCUT2D eigenvalue weighted by molar-refractivity contribution is 6.30. The molecule has 7 heteroatoms. The standard InChI is InChI=1S/C19H25ClN4O2/c1-22(2)11-12-24-13-17(14-3-5-16(20)6-4-14)21-18(24)15-7-9-23(10-8-15)19(25)26/h3-6,13,15H,7-12H2,1-2H3,(H,25,26). The van der Waals surface area contributed by atoms with E-state index < -0.39 is 6.09 Å². The Hall–Kier alpha value is -2.05. The number of benzene rings is 1. The minimum absolute atomic E-state index is 0.286. The minimum atomic E-state index is -0.832. The molecule has 0 atom stereocenters. The maximum Gasteiger partial charge on any atom is 0.407 e. The quantitative estimate of drug-likeness (QED) is 0.865. The predicted octanol–water partition coefficient (Wildman–Crippen LogP) is 3.62. The number of aromatic nitrogens is 2. The van der Waals surface area contributed by atoms with E-state index in [4.69, 9.17) is 21.7 Å². The monoisotopic (exact) mass is 376 g/mol. The SMILES string of the molecule is CN(C)CCn1cc(-c2ccc(Cl)cc2)nc1C1CCN(C(=O)O)CC1. The topological polar surface area (TPSA) is 61.6 Å². The van der Waals surface area contributed by atoms with Gasteiger partial charge in [0.2, 0.25) is 0 Å². The van der Waals surface area contributed by atoms with Gasteiger partial charge in [0.15, 0.2) is 0 Å². The summed E-state index contributed by atoms with van der Waals surface area (Å²) in [5.41, 5.74) is 1.98. The van der Waals surface area contributed by atoms with Gasteiger partial charge in [-0.2, -0.15) is 0 Å². The van der Waals surface area contributed by atoms with Crippen LogP contribution in [0.15, 0.2) is 30.5 Å². The molecule has 1 aromatic carbocycles. The third kappa shape index (κ3) is 4.37. The largest absolute Gasteiger partial charge is 0.465 e. The first-order valence-electron chi connectivity index (χ1n) is 8.89. The zero-order chi connectivity index (χ0) is 18.7. The summed E-state index contributed by atoms with van der Waals surface area (Å²) < 4.78 is 2.23. The molecule has 1 N–H and O–H groups in total. The first kappa shape index (κ1) is 18.7. The number of piperidine rings is 1. The van der Waals surface area contributed by atoms with Crippen LogP contribution in [0, 0.1) is 0 Å². The average Bonchev–Trinajstić information content (AvgIpc) is 3.05. The van der Waals surface area contributed by atoms with E-state index in [1.54, 1.807) is 0 Å². The second-order valence-corrected chi connectivity index (χ2v) is 7.47. The van der Waals surface area contributed by atoms with Gasteiger partial charge in [-0.15, -0.1) is 0 Å². The molecular weight excluding hydrogens is 352 g/mol. The van der Waals surface area contributed by atoms with Crippen molar-refractivity contribution in [2.45, 2.75) is 25.3 Å². The summed E-state index contributed by atoms with van der Waals surface area (Å²) in [6.07, 6.45) is 2.89. The normalized spacial score (nSPS) is 15.6. The first-order chi connectivity index (χ1) is 12.4. The summed E-state index contributed by atoms with van der Waals surface area (Å²) >= 11 is 6.00. The molecule has 140 valence electrons. The molecule has 1 saturated heterocycles. The third-order valence-electron chi connectivity index (χ3n) is 4.87. The van der Waals surface area contributed by atoms with Crippen LogP contribution in [-0.2, 0) is 6.54 Å². The van der Waals surface area contributed by atoms with Crippen LogP contribution in [0.4, 0.5) is 4.79 Å². The Labute approximate surface area is 159 Å². The fourth-order valence-corrected chi connectivity index (χ4v) is 3.46. The van der Waals surface area contributed by atoms with Gasteiger partial charge in [-0.05, 0) is 39.1 Å². The van der Waals surface area contributed by atoms with E-state index >= 15 is 0 Å². The lowest BCUT2D eigenvalue weighted by molar-refractivity contribution is 0.131. The third-order valence-corrected chi connectivity index (χ3v) is 5.12. The van der Waals surface area contributed by atoms with Crippen LogP contribution in [0.2, 0.25) is 5.02 Å². The summed E-state index contributed by atoms with van der Waals surface area (Å²) in [5, 5.41) is 9.87. The highest BCUT2D eigenvalue weighted by Crippen LogP contribution is 2.30. The smallest absolute Gasteiger partial charge is 0.407 e. The number of hydrogen-bond acceptors (Lipinski definition) is 3. The number of amides is 1. The second kappa shape index (κ2) is 8.10. The van der Waals surface area contributed by atoms with E-state index in [2.05, 4.69) is 29.8 Å². The molecule has 0 unspecified atom stereocenters. The fraction of sp³-hybridized carbons (Fsp3) is 0.474. The van der Waals surface area contributed by atoms with Gasteiger partial charge in [0, 0.05) is 48.9 Å². The molecule has 0 spiro atoms. The Bertz CT molecular complexity index is 749. The van der Waals surface area contributed by atoms with Gasteiger partial charge in [0.1, 0.15) is 5.82 Å². The molecule has 1 aliphatic rings. The van der Waals surface area contributed by atoms with Crippen molar-refractivity contribution in [3.63, 3.8) is 0 Å². The molecule has 26 heavy (non-hydrogen) atoms. The Balaban J connectivity index is 1.84. The predicted molar refractivity (Wildman–Crippen MR) is 103 cm³/mol. The van der Waals surface area contributed by atoms with Crippen LogP contribution < -0.4 is 0 Å². The van der Waals surface area contributed by atoms with Crippen molar-refractivity contribution in [2.24, 2.45) is 0 Å². The highest BCUT2D eigenvalue weighted by Gasteiger charge is 2.27. The molecule has 6 nitrogen and oxygen atoms in total. The maximum absolute atomic E-state index is 11.1. The lowest BCUT2D eigenvalue weighted by Crippen LogP contribution is -2.37. The van der Waals surface area contributed by atoms with Crippen molar-refractivity contribution in [2.75, 3.05) is 33.7 Å². The van der Waals surface area contributed by atoms with Crippen LogP contribution in [0.5, 0.6) is 0 Å². The van der Waals surface area contributed by atoms with Gasteiger partial charge in [0.25, 0.3) is 0 Å². The molecule has 0 bridgehead atoms. The van der Waals surface area contributed by atoms with Gasteiger partial charge >= 0.3 is 6.09 Å².